The molecule has 0 N–H and O–H groups in total. The van der Waals surface area contributed by atoms with E-state index in [0.717, 1.165) is 34.0 Å². The van der Waals surface area contributed by atoms with Gasteiger partial charge in [-0.3, -0.25) is 0 Å². The van der Waals surface area contributed by atoms with Crippen molar-refractivity contribution < 1.29 is 38.1 Å². The molecule has 28 heavy (non-hydrogen) atoms. The summed E-state index contributed by atoms with van der Waals surface area (Å²) >= 11 is 0. The fourth-order valence-electron chi connectivity index (χ4n) is 3.34. The van der Waals surface area contributed by atoms with Crippen LogP contribution in [0.25, 0.3) is 0 Å². The van der Waals surface area contributed by atoms with Crippen LogP contribution in [-0.2, 0) is 38.1 Å². The first-order chi connectivity index (χ1) is 13.2. The molecule has 2 heterocycles. The number of nitrogens with zero attached hydrogens (tertiary/aromatic N) is 1. The van der Waals surface area contributed by atoms with Crippen molar-refractivity contribution in [1.29, 1.82) is 0 Å². The highest BCUT2D eigenvalue weighted by atomic mass is 16.5. The Balaban J connectivity index is 3.07. The Hall–Kier alpha value is -3.36. The molecule has 150 valence electrons. The van der Waals surface area contributed by atoms with E-state index in [1.165, 1.54) is 11.1 Å². The first-order valence-electron chi connectivity index (χ1n) is 8.17. The Labute approximate surface area is 161 Å². The van der Waals surface area contributed by atoms with Gasteiger partial charge in [-0.15, -0.1) is 0 Å². The smallest absolute Gasteiger partial charge is 0.355 e. The van der Waals surface area contributed by atoms with Crippen LogP contribution in [0, 0.1) is 0 Å². The SMILES string of the molecule is COC(=O)C1=C(C(=O)OC)N2C=CC(C)=CC2(C)C(C(=O)OC)=C1C(=O)OC. The second-order valence-corrected chi connectivity index (χ2v) is 6.16. The molecule has 0 aromatic heterocycles. The molecule has 0 spiro atoms. The van der Waals surface area contributed by atoms with E-state index in [4.69, 9.17) is 18.9 Å². The van der Waals surface area contributed by atoms with E-state index in [-0.39, 0.29) is 11.3 Å². The van der Waals surface area contributed by atoms with E-state index in [2.05, 4.69) is 0 Å². The molecule has 9 heteroatoms. The monoisotopic (exact) mass is 391 g/mol. The molecule has 0 amide bonds. The molecule has 0 saturated carbocycles. The quantitative estimate of drug-likeness (QED) is 0.507. The Morgan fingerprint density at radius 2 is 1.32 bits per heavy atom. The van der Waals surface area contributed by atoms with E-state index >= 15 is 0 Å². The van der Waals surface area contributed by atoms with Crippen LogP contribution in [0.4, 0.5) is 0 Å². The van der Waals surface area contributed by atoms with Gasteiger partial charge >= 0.3 is 23.9 Å². The summed E-state index contributed by atoms with van der Waals surface area (Å²) in [5.41, 5.74) is -1.86. The third-order valence-electron chi connectivity index (χ3n) is 4.53. The second kappa shape index (κ2) is 7.71. The van der Waals surface area contributed by atoms with Crippen LogP contribution in [0.1, 0.15) is 13.8 Å². The van der Waals surface area contributed by atoms with Gasteiger partial charge < -0.3 is 23.8 Å². The van der Waals surface area contributed by atoms with Gasteiger partial charge in [-0.1, -0.05) is 11.6 Å². The van der Waals surface area contributed by atoms with E-state index in [0.29, 0.717) is 0 Å². The van der Waals surface area contributed by atoms with Gasteiger partial charge in [-0.25, -0.2) is 19.2 Å². The maximum Gasteiger partial charge on any atom is 0.355 e. The number of ether oxygens (including phenoxy) is 4. The molecule has 2 aliphatic heterocycles. The lowest BCUT2D eigenvalue weighted by molar-refractivity contribution is -0.144. The summed E-state index contributed by atoms with van der Waals surface area (Å²) in [7, 11) is 4.45. The lowest BCUT2D eigenvalue weighted by atomic mass is 9.77. The maximum atomic E-state index is 12.7. The minimum atomic E-state index is -1.32. The van der Waals surface area contributed by atoms with E-state index in [1.807, 2.05) is 0 Å². The Bertz CT molecular complexity index is 876. The number of methoxy groups -OCH3 is 4. The molecular formula is C19H21NO8. The lowest BCUT2D eigenvalue weighted by Gasteiger charge is -2.45. The number of esters is 4. The topological polar surface area (TPSA) is 108 Å². The molecule has 1 unspecified atom stereocenters. The number of hydrogen-bond donors (Lipinski definition) is 0. The molecule has 2 rings (SSSR count). The Morgan fingerprint density at radius 3 is 1.82 bits per heavy atom. The minimum absolute atomic E-state index is 0.168. The van der Waals surface area contributed by atoms with Crippen molar-refractivity contribution in [2.75, 3.05) is 28.4 Å². The summed E-state index contributed by atoms with van der Waals surface area (Å²) in [6.45, 7) is 3.38. The maximum absolute atomic E-state index is 12.7. The summed E-state index contributed by atoms with van der Waals surface area (Å²) < 4.78 is 19.3. The van der Waals surface area contributed by atoms with Crippen LogP contribution in [0.5, 0.6) is 0 Å². The summed E-state index contributed by atoms with van der Waals surface area (Å²) in [5.74, 6) is -3.76. The van der Waals surface area contributed by atoms with Crippen LogP contribution in [0.15, 0.2) is 46.3 Å². The fraction of sp³-hybridized carbons (Fsp3) is 0.368. The minimum Gasteiger partial charge on any atom is -0.466 e. The standard InChI is InChI=1S/C19H21NO8/c1-10-7-8-20-14(18(24)28-6)12(16(22)26-4)11(15(21)25-3)13(17(23)27-5)19(20,2)9-10/h7-9H,1-6H3. The molecular weight excluding hydrogens is 370 g/mol. The van der Waals surface area contributed by atoms with Crippen molar-refractivity contribution in [1.82, 2.24) is 4.90 Å². The molecule has 0 fully saturated rings. The summed E-state index contributed by atoms with van der Waals surface area (Å²) in [6.07, 6.45) is 4.86. The average molecular weight is 391 g/mol. The number of carbonyl (C=O) groups excluding carboxylic acids is 4. The predicted octanol–water partition coefficient (Wildman–Crippen LogP) is 0.777. The third kappa shape index (κ3) is 3.08. The summed E-state index contributed by atoms with van der Waals surface area (Å²) in [6, 6.07) is 0. The Kier molecular flexibility index (Phi) is 5.77. The summed E-state index contributed by atoms with van der Waals surface area (Å²) in [5, 5.41) is 0. The van der Waals surface area contributed by atoms with Crippen LogP contribution in [-0.4, -0.2) is 62.8 Å². The molecule has 9 nitrogen and oxygen atoms in total. The van der Waals surface area contributed by atoms with Crippen molar-refractivity contribution in [2.24, 2.45) is 0 Å². The van der Waals surface area contributed by atoms with Gasteiger partial charge in [-0.05, 0) is 19.9 Å². The van der Waals surface area contributed by atoms with Gasteiger partial charge in [0.1, 0.15) is 11.3 Å². The second-order valence-electron chi connectivity index (χ2n) is 6.16. The van der Waals surface area contributed by atoms with Gasteiger partial charge in [0.25, 0.3) is 0 Å². The zero-order chi connectivity index (χ0) is 21.2. The molecule has 0 saturated heterocycles. The summed E-state index contributed by atoms with van der Waals surface area (Å²) in [4.78, 5) is 51.9. The van der Waals surface area contributed by atoms with Crippen molar-refractivity contribution in [3.8, 4) is 0 Å². The number of rotatable bonds is 4. The average Bonchev–Trinajstić information content (AvgIpc) is 2.68. The van der Waals surface area contributed by atoms with Crippen molar-refractivity contribution >= 4 is 23.9 Å². The largest absolute Gasteiger partial charge is 0.466 e. The van der Waals surface area contributed by atoms with Crippen molar-refractivity contribution in [3.63, 3.8) is 0 Å². The van der Waals surface area contributed by atoms with Gasteiger partial charge in [0.2, 0.25) is 0 Å². The van der Waals surface area contributed by atoms with Gasteiger partial charge in [0.05, 0.1) is 45.1 Å². The normalized spacial score (nSPS) is 20.9. The highest BCUT2D eigenvalue weighted by Gasteiger charge is 2.52. The van der Waals surface area contributed by atoms with Crippen molar-refractivity contribution in [2.45, 2.75) is 19.4 Å². The molecule has 0 aromatic rings. The third-order valence-corrected chi connectivity index (χ3v) is 4.53. The highest BCUT2D eigenvalue weighted by molar-refractivity contribution is 6.17. The fourth-order valence-corrected chi connectivity index (χ4v) is 3.34. The number of hydrogen-bond acceptors (Lipinski definition) is 9. The first-order valence-corrected chi connectivity index (χ1v) is 8.17. The molecule has 0 aromatic carbocycles. The Morgan fingerprint density at radius 1 is 0.821 bits per heavy atom. The van der Waals surface area contributed by atoms with Crippen LogP contribution < -0.4 is 0 Å². The van der Waals surface area contributed by atoms with E-state index in [1.54, 1.807) is 26.0 Å². The van der Waals surface area contributed by atoms with E-state index in [9.17, 15) is 19.2 Å². The van der Waals surface area contributed by atoms with Gasteiger partial charge in [-0.2, -0.15) is 0 Å². The molecule has 0 bridgehead atoms. The molecule has 0 aliphatic carbocycles. The zero-order valence-corrected chi connectivity index (χ0v) is 16.4. The van der Waals surface area contributed by atoms with Crippen molar-refractivity contribution in [3.05, 3.63) is 46.3 Å². The van der Waals surface area contributed by atoms with Gasteiger partial charge in [0.15, 0.2) is 0 Å². The lowest BCUT2D eigenvalue weighted by Crippen LogP contribution is -2.53. The molecule has 1 atom stereocenters. The van der Waals surface area contributed by atoms with Gasteiger partial charge in [0, 0.05) is 6.20 Å². The predicted molar refractivity (Wildman–Crippen MR) is 95.3 cm³/mol. The van der Waals surface area contributed by atoms with Crippen LogP contribution >= 0.6 is 0 Å². The first kappa shape index (κ1) is 20.9. The molecule has 0 radical (unpaired) electrons. The number of fused-ring (bicyclic) bond motifs is 1. The van der Waals surface area contributed by atoms with Crippen LogP contribution in [0.3, 0.4) is 0 Å². The molecule has 2 aliphatic rings. The van der Waals surface area contributed by atoms with E-state index < -0.39 is 40.6 Å². The zero-order valence-electron chi connectivity index (χ0n) is 16.4. The highest BCUT2D eigenvalue weighted by Crippen LogP contribution is 2.44. The number of allylic oxidation sites excluding steroid dienone is 2. The number of carbonyl (C=O) groups is 4. The van der Waals surface area contributed by atoms with Crippen LogP contribution in [0.2, 0.25) is 0 Å².